The van der Waals surface area contributed by atoms with Crippen LogP contribution in [0.4, 0.5) is 4.79 Å². The van der Waals surface area contributed by atoms with Crippen LogP contribution in [0.25, 0.3) is 11.1 Å². The smallest absolute Gasteiger partial charge is 0.407 e. The van der Waals surface area contributed by atoms with Crippen molar-refractivity contribution in [2.45, 2.75) is 18.0 Å². The van der Waals surface area contributed by atoms with Crippen LogP contribution >= 0.6 is 11.8 Å². The molecule has 1 aliphatic carbocycles. The molecule has 1 aliphatic heterocycles. The number of benzene rings is 2. The number of nitrogens with one attached hydrogen (secondary N) is 1. The van der Waals surface area contributed by atoms with E-state index >= 15 is 0 Å². The van der Waals surface area contributed by atoms with Crippen LogP contribution < -0.4 is 5.32 Å². The number of aliphatic carboxylic acids is 1. The molecule has 9 heteroatoms. The second-order valence-corrected chi connectivity index (χ2v) is 9.45. The molecule has 0 spiro atoms. The average molecular weight is 470 g/mol. The van der Waals surface area contributed by atoms with E-state index < -0.39 is 30.1 Å². The van der Waals surface area contributed by atoms with Gasteiger partial charge in [0, 0.05) is 18.2 Å². The van der Waals surface area contributed by atoms with Gasteiger partial charge in [-0.15, -0.1) is 11.8 Å². The summed E-state index contributed by atoms with van der Waals surface area (Å²) in [7, 11) is 3.57. The van der Waals surface area contributed by atoms with Gasteiger partial charge in [-0.25, -0.2) is 9.59 Å². The fourth-order valence-corrected chi connectivity index (χ4v) is 5.55. The van der Waals surface area contributed by atoms with Crippen LogP contribution in [0, 0.1) is 0 Å². The van der Waals surface area contributed by atoms with E-state index in [2.05, 4.69) is 17.4 Å². The highest BCUT2D eigenvalue weighted by Gasteiger charge is 2.38. The Bertz CT molecular complexity index is 1010. The van der Waals surface area contributed by atoms with E-state index in [1.165, 1.54) is 16.7 Å². The molecule has 0 saturated carbocycles. The Labute approximate surface area is 196 Å². The maximum atomic E-state index is 13.1. The van der Waals surface area contributed by atoms with Crippen molar-refractivity contribution < 1.29 is 24.2 Å². The third-order valence-corrected chi connectivity index (χ3v) is 6.94. The zero-order chi connectivity index (χ0) is 23.5. The van der Waals surface area contributed by atoms with Gasteiger partial charge in [0.25, 0.3) is 0 Å². The Kier molecular flexibility index (Phi) is 6.90. The monoisotopic (exact) mass is 469 g/mol. The first-order valence-corrected chi connectivity index (χ1v) is 11.9. The Hall–Kier alpha value is -3.04. The van der Waals surface area contributed by atoms with Gasteiger partial charge in [0.1, 0.15) is 18.7 Å². The Balaban J connectivity index is 1.44. The number of thioether (sulfide) groups is 1. The van der Waals surface area contributed by atoms with Crippen molar-refractivity contribution in [3.8, 4) is 11.1 Å². The first-order valence-electron chi connectivity index (χ1n) is 10.7. The van der Waals surface area contributed by atoms with E-state index in [9.17, 15) is 19.5 Å². The molecule has 33 heavy (non-hydrogen) atoms. The number of nitrogens with zero attached hydrogens (tertiary/aromatic N) is 2. The number of hydrogen-bond acceptors (Lipinski definition) is 6. The molecule has 1 fully saturated rings. The lowest BCUT2D eigenvalue weighted by Crippen LogP contribution is -2.55. The third kappa shape index (κ3) is 4.84. The maximum absolute atomic E-state index is 13.1. The minimum atomic E-state index is -1.04. The fourth-order valence-electron chi connectivity index (χ4n) is 4.40. The molecule has 1 heterocycles. The summed E-state index contributed by atoms with van der Waals surface area (Å²) in [4.78, 5) is 40.4. The molecule has 1 saturated heterocycles. The molecule has 2 atom stereocenters. The summed E-state index contributed by atoms with van der Waals surface area (Å²) < 4.78 is 5.58. The number of ether oxygens (including phenoxy) is 1. The van der Waals surface area contributed by atoms with Gasteiger partial charge in [0.15, 0.2) is 0 Å². The van der Waals surface area contributed by atoms with Crippen molar-refractivity contribution in [1.29, 1.82) is 0 Å². The van der Waals surface area contributed by atoms with Crippen molar-refractivity contribution in [3.63, 3.8) is 0 Å². The number of carbonyl (C=O) groups excluding carboxylic acids is 2. The summed E-state index contributed by atoms with van der Waals surface area (Å²) in [5, 5.41) is 12.1. The Morgan fingerprint density at radius 2 is 1.73 bits per heavy atom. The summed E-state index contributed by atoms with van der Waals surface area (Å²) >= 11 is 1.38. The van der Waals surface area contributed by atoms with Gasteiger partial charge in [-0.05, 0) is 36.3 Å². The van der Waals surface area contributed by atoms with Crippen molar-refractivity contribution >= 4 is 29.7 Å². The topological polar surface area (TPSA) is 99.2 Å². The van der Waals surface area contributed by atoms with Crippen LogP contribution in [0.3, 0.4) is 0 Å². The van der Waals surface area contributed by atoms with E-state index in [0.29, 0.717) is 5.75 Å². The first-order chi connectivity index (χ1) is 15.9. The molecule has 2 aromatic carbocycles. The summed E-state index contributed by atoms with van der Waals surface area (Å²) in [6.07, 6.45) is -0.698. The quantitative estimate of drug-likeness (QED) is 0.643. The van der Waals surface area contributed by atoms with Gasteiger partial charge in [-0.1, -0.05) is 48.5 Å². The minimum Gasteiger partial charge on any atom is -0.480 e. The lowest BCUT2D eigenvalue weighted by molar-refractivity contribution is -0.148. The zero-order valence-corrected chi connectivity index (χ0v) is 19.4. The fraction of sp³-hybridized carbons (Fsp3) is 0.375. The Morgan fingerprint density at radius 1 is 1.12 bits per heavy atom. The number of carbonyl (C=O) groups is 3. The van der Waals surface area contributed by atoms with Gasteiger partial charge < -0.3 is 25.0 Å². The summed E-state index contributed by atoms with van der Waals surface area (Å²) in [6.45, 7) is 0.372. The third-order valence-electron chi connectivity index (χ3n) is 5.93. The number of hydrogen-bond donors (Lipinski definition) is 2. The van der Waals surface area contributed by atoms with Crippen LogP contribution in [0.5, 0.6) is 0 Å². The van der Waals surface area contributed by atoms with Gasteiger partial charge in [0.05, 0.1) is 5.88 Å². The minimum absolute atomic E-state index is 0.0856. The normalized spacial score (nSPS) is 18.0. The van der Waals surface area contributed by atoms with E-state index in [1.807, 2.05) is 36.4 Å². The highest BCUT2D eigenvalue weighted by atomic mass is 32.2. The zero-order valence-electron chi connectivity index (χ0n) is 18.6. The molecule has 174 valence electrons. The highest BCUT2D eigenvalue weighted by Crippen LogP contribution is 2.44. The van der Waals surface area contributed by atoms with E-state index in [0.717, 1.165) is 22.3 Å². The standard InChI is InChI=1S/C24H27N3O5S/c1-26(2)11-20(22(28)27-14-33-13-21(27)23(29)30)25-24(31)32-12-19-17-9-5-3-7-15(17)16-8-4-6-10-18(16)19/h3-10,19-21H,11-14H2,1-2H3,(H,25,31)(H,29,30). The largest absolute Gasteiger partial charge is 0.480 e. The number of carboxylic acids is 1. The van der Waals surface area contributed by atoms with Crippen LogP contribution in [-0.2, 0) is 14.3 Å². The number of fused-ring (bicyclic) bond motifs is 3. The SMILES string of the molecule is CN(C)CC(NC(=O)OCC1c2ccccc2-c2ccccc21)C(=O)N1CSCC1C(=O)O. The van der Waals surface area contributed by atoms with E-state index in [-0.39, 0.29) is 24.9 Å². The van der Waals surface area contributed by atoms with E-state index in [1.54, 1.807) is 19.0 Å². The van der Waals surface area contributed by atoms with Gasteiger partial charge >= 0.3 is 12.1 Å². The molecular weight excluding hydrogens is 442 g/mol. The summed E-state index contributed by atoms with van der Waals surface area (Å²) in [5.41, 5.74) is 4.47. The van der Waals surface area contributed by atoms with Crippen molar-refractivity contribution in [2.75, 3.05) is 38.9 Å². The van der Waals surface area contributed by atoms with Crippen LogP contribution in [0.15, 0.2) is 48.5 Å². The predicted octanol–water partition coefficient (Wildman–Crippen LogP) is 2.44. The molecule has 0 bridgehead atoms. The van der Waals surface area contributed by atoms with Crippen LogP contribution in [0.1, 0.15) is 17.0 Å². The number of carboxylic acid groups (broad SMARTS) is 1. The molecule has 2 N–H and O–H groups in total. The number of alkyl carbamates (subject to hydrolysis) is 1. The van der Waals surface area contributed by atoms with Crippen molar-refractivity contribution in [2.24, 2.45) is 0 Å². The summed E-state index contributed by atoms with van der Waals surface area (Å²) in [5.74, 6) is -0.933. The first kappa shape index (κ1) is 23.1. The molecule has 2 aromatic rings. The van der Waals surface area contributed by atoms with Gasteiger partial charge in [-0.3, -0.25) is 4.79 Å². The lowest BCUT2D eigenvalue weighted by atomic mass is 9.98. The van der Waals surface area contributed by atoms with E-state index in [4.69, 9.17) is 4.74 Å². The highest BCUT2D eigenvalue weighted by molar-refractivity contribution is 7.99. The molecule has 2 unspecified atom stereocenters. The average Bonchev–Trinajstić information content (AvgIpc) is 3.40. The second-order valence-electron chi connectivity index (χ2n) is 8.45. The number of rotatable bonds is 7. The number of amides is 2. The molecule has 2 aliphatic rings. The van der Waals surface area contributed by atoms with Gasteiger partial charge in [-0.2, -0.15) is 0 Å². The molecule has 2 amide bonds. The Morgan fingerprint density at radius 3 is 2.30 bits per heavy atom. The summed E-state index contributed by atoms with van der Waals surface area (Å²) in [6, 6.07) is 14.3. The molecule has 0 aromatic heterocycles. The molecule has 8 nitrogen and oxygen atoms in total. The van der Waals surface area contributed by atoms with Crippen molar-refractivity contribution in [3.05, 3.63) is 59.7 Å². The molecular formula is C24H27N3O5S. The van der Waals surface area contributed by atoms with Gasteiger partial charge in [0.2, 0.25) is 5.91 Å². The second kappa shape index (κ2) is 9.84. The van der Waals surface area contributed by atoms with Crippen molar-refractivity contribution in [1.82, 2.24) is 15.1 Å². The predicted molar refractivity (Wildman–Crippen MR) is 126 cm³/mol. The lowest BCUT2D eigenvalue weighted by Gasteiger charge is -2.28. The van der Waals surface area contributed by atoms with Crippen LogP contribution in [-0.4, -0.2) is 83.8 Å². The van der Waals surface area contributed by atoms with Crippen LogP contribution in [0.2, 0.25) is 0 Å². The maximum Gasteiger partial charge on any atom is 0.407 e. The molecule has 4 rings (SSSR count). The number of likely N-dealkylation sites (N-methyl/N-ethyl adjacent to an activating group) is 1. The molecule has 0 radical (unpaired) electrons.